The third-order valence-electron chi connectivity index (χ3n) is 7.53. The van der Waals surface area contributed by atoms with Crippen LogP contribution in [0.4, 0.5) is 0 Å². The van der Waals surface area contributed by atoms with E-state index in [-0.39, 0.29) is 12.5 Å². The van der Waals surface area contributed by atoms with Crippen LogP contribution in [0.5, 0.6) is 0 Å². The quantitative estimate of drug-likeness (QED) is 0.0556. The molecular weight excluding hydrogens is 486 g/mol. The molecule has 0 fully saturated rings. The molecule has 0 aliphatic heterocycles. The van der Waals surface area contributed by atoms with E-state index in [2.05, 4.69) is 43.5 Å². The maximum Gasteiger partial charge on any atom is 0.220 e. The Labute approximate surface area is 241 Å². The van der Waals surface area contributed by atoms with Gasteiger partial charge in [-0.2, -0.15) is 0 Å². The molecule has 230 valence electrons. The molecule has 0 radical (unpaired) electrons. The summed E-state index contributed by atoms with van der Waals surface area (Å²) in [5, 5.41) is 33.1. The molecule has 0 saturated carbocycles. The second-order valence-electron chi connectivity index (χ2n) is 11.4. The molecule has 0 rings (SSSR count). The van der Waals surface area contributed by atoms with Crippen molar-refractivity contribution < 1.29 is 20.1 Å². The Morgan fingerprint density at radius 3 is 1.56 bits per heavy atom. The predicted molar refractivity (Wildman–Crippen MR) is 167 cm³/mol. The third kappa shape index (κ3) is 25.5. The van der Waals surface area contributed by atoms with Crippen LogP contribution in [0.2, 0.25) is 0 Å². The highest BCUT2D eigenvalue weighted by molar-refractivity contribution is 5.76. The Kier molecular flexibility index (Phi) is 28.9. The molecule has 0 heterocycles. The lowest BCUT2D eigenvalue weighted by molar-refractivity contribution is -0.124. The van der Waals surface area contributed by atoms with Gasteiger partial charge in [-0.15, -0.1) is 0 Å². The van der Waals surface area contributed by atoms with Crippen molar-refractivity contribution >= 4 is 5.91 Å². The van der Waals surface area contributed by atoms with Gasteiger partial charge in [-0.05, 0) is 57.8 Å². The molecule has 0 aliphatic rings. The van der Waals surface area contributed by atoms with Crippen LogP contribution < -0.4 is 5.32 Å². The summed E-state index contributed by atoms with van der Waals surface area (Å²) >= 11 is 0. The van der Waals surface area contributed by atoms with Gasteiger partial charge in [0.2, 0.25) is 5.91 Å². The molecule has 39 heavy (non-hydrogen) atoms. The van der Waals surface area contributed by atoms with Crippen LogP contribution in [0.1, 0.15) is 162 Å². The topological polar surface area (TPSA) is 89.8 Å². The number of aliphatic hydroxyl groups is 3. The first-order valence-corrected chi connectivity index (χ1v) is 16.6. The number of carbonyl (C=O) groups excluding carboxylic acids is 1. The minimum absolute atomic E-state index is 0.172. The van der Waals surface area contributed by atoms with Crippen LogP contribution in [-0.2, 0) is 4.79 Å². The third-order valence-corrected chi connectivity index (χ3v) is 7.53. The molecule has 4 N–H and O–H groups in total. The fraction of sp³-hybridized carbons (Fsp3) is 0.853. The maximum absolute atomic E-state index is 12.2. The number of hydrogen-bond donors (Lipinski definition) is 4. The molecule has 5 heteroatoms. The first kappa shape index (κ1) is 37.8. The van der Waals surface area contributed by atoms with Crippen LogP contribution in [0.25, 0.3) is 0 Å². The summed E-state index contributed by atoms with van der Waals surface area (Å²) < 4.78 is 0. The van der Waals surface area contributed by atoms with Crippen LogP contribution >= 0.6 is 0 Å². The minimum Gasteiger partial charge on any atom is -0.394 e. The van der Waals surface area contributed by atoms with Crippen LogP contribution in [0, 0.1) is 0 Å². The van der Waals surface area contributed by atoms with Crippen molar-refractivity contribution in [3.8, 4) is 0 Å². The molecule has 0 bridgehead atoms. The smallest absolute Gasteiger partial charge is 0.220 e. The molecule has 0 aromatic carbocycles. The predicted octanol–water partition coefficient (Wildman–Crippen LogP) is 8.31. The van der Waals surface area contributed by atoms with Gasteiger partial charge < -0.3 is 20.6 Å². The summed E-state index contributed by atoms with van der Waals surface area (Å²) in [5.41, 5.74) is 0. The zero-order chi connectivity index (χ0) is 28.8. The Hall–Kier alpha value is -1.17. The Morgan fingerprint density at radius 1 is 0.615 bits per heavy atom. The number of carbonyl (C=O) groups is 1. The number of amides is 1. The summed E-state index contributed by atoms with van der Waals surface area (Å²) in [4.78, 5) is 12.2. The summed E-state index contributed by atoms with van der Waals surface area (Å²) in [6.45, 7) is 4.08. The molecule has 0 aromatic heterocycles. The van der Waals surface area contributed by atoms with Gasteiger partial charge in [-0.25, -0.2) is 0 Å². The standard InChI is InChI=1S/C34H65NO4/c1-3-5-7-9-11-13-15-16-17-18-19-20-22-24-26-28-32(37)34(39)31(30-36)35-33(38)29-27-25-23-21-14-12-10-8-6-4-2/h10,12,20,22,31-32,34,36-37,39H,3-9,11,13-19,21,23-30H2,1-2H3,(H,35,38)/b12-10-,22-20+. The van der Waals surface area contributed by atoms with Gasteiger partial charge in [-0.3, -0.25) is 4.79 Å². The Bertz CT molecular complexity index is 578. The maximum atomic E-state index is 12.2. The van der Waals surface area contributed by atoms with E-state index >= 15 is 0 Å². The normalized spacial score (nSPS) is 14.3. The number of nitrogens with one attached hydrogen (secondary N) is 1. The number of unbranched alkanes of at least 4 members (excludes halogenated alkanes) is 17. The molecule has 0 saturated heterocycles. The van der Waals surface area contributed by atoms with Gasteiger partial charge in [0.15, 0.2) is 0 Å². The molecule has 3 atom stereocenters. The lowest BCUT2D eigenvalue weighted by atomic mass is 10.0. The van der Waals surface area contributed by atoms with Gasteiger partial charge in [-0.1, -0.05) is 122 Å². The van der Waals surface area contributed by atoms with Gasteiger partial charge in [0.25, 0.3) is 0 Å². The highest BCUT2D eigenvalue weighted by Crippen LogP contribution is 2.13. The SMILES string of the molecule is CCCC/C=C\CCCCCCC(=O)NC(CO)C(O)C(O)CCC/C=C/CCCCCCCCCCCC. The highest BCUT2D eigenvalue weighted by Gasteiger charge is 2.26. The summed E-state index contributed by atoms with van der Waals surface area (Å²) in [7, 11) is 0. The van der Waals surface area contributed by atoms with Crippen molar-refractivity contribution in [3.05, 3.63) is 24.3 Å². The average Bonchev–Trinajstić information content (AvgIpc) is 2.94. The second-order valence-corrected chi connectivity index (χ2v) is 11.4. The average molecular weight is 552 g/mol. The zero-order valence-electron chi connectivity index (χ0n) is 25.8. The largest absolute Gasteiger partial charge is 0.394 e. The first-order valence-electron chi connectivity index (χ1n) is 16.6. The van der Waals surface area contributed by atoms with E-state index in [0.29, 0.717) is 12.8 Å². The molecule has 1 amide bonds. The first-order chi connectivity index (χ1) is 19.1. The van der Waals surface area contributed by atoms with Gasteiger partial charge >= 0.3 is 0 Å². The van der Waals surface area contributed by atoms with Crippen molar-refractivity contribution in [2.75, 3.05) is 6.61 Å². The van der Waals surface area contributed by atoms with Gasteiger partial charge in [0, 0.05) is 6.42 Å². The van der Waals surface area contributed by atoms with E-state index in [1.807, 2.05) is 0 Å². The molecule has 0 spiro atoms. The fourth-order valence-electron chi connectivity index (χ4n) is 4.85. The van der Waals surface area contributed by atoms with Crippen molar-refractivity contribution in [2.45, 2.75) is 180 Å². The van der Waals surface area contributed by atoms with E-state index in [1.54, 1.807) is 0 Å². The highest BCUT2D eigenvalue weighted by atomic mass is 16.3. The second kappa shape index (κ2) is 29.8. The van der Waals surface area contributed by atoms with Crippen molar-refractivity contribution in [2.24, 2.45) is 0 Å². The number of hydrogen-bond acceptors (Lipinski definition) is 4. The zero-order valence-corrected chi connectivity index (χ0v) is 25.8. The Balaban J connectivity index is 3.79. The summed E-state index contributed by atoms with van der Waals surface area (Å²) in [5.74, 6) is -0.172. The van der Waals surface area contributed by atoms with E-state index in [9.17, 15) is 20.1 Å². The van der Waals surface area contributed by atoms with E-state index < -0.39 is 18.2 Å². The van der Waals surface area contributed by atoms with Gasteiger partial charge in [0.05, 0.1) is 18.8 Å². The van der Waals surface area contributed by atoms with Crippen molar-refractivity contribution in [1.82, 2.24) is 5.32 Å². The van der Waals surface area contributed by atoms with Crippen molar-refractivity contribution in [3.63, 3.8) is 0 Å². The van der Waals surface area contributed by atoms with E-state index in [4.69, 9.17) is 0 Å². The van der Waals surface area contributed by atoms with E-state index in [1.165, 1.54) is 83.5 Å². The number of aliphatic hydroxyl groups excluding tert-OH is 3. The van der Waals surface area contributed by atoms with Gasteiger partial charge in [0.1, 0.15) is 6.10 Å². The van der Waals surface area contributed by atoms with Crippen LogP contribution in [0.3, 0.4) is 0 Å². The van der Waals surface area contributed by atoms with E-state index in [0.717, 1.165) is 51.4 Å². The molecule has 0 aliphatic carbocycles. The molecular formula is C34H65NO4. The van der Waals surface area contributed by atoms with Crippen molar-refractivity contribution in [1.29, 1.82) is 0 Å². The molecule has 3 unspecified atom stereocenters. The number of allylic oxidation sites excluding steroid dienone is 4. The monoisotopic (exact) mass is 551 g/mol. The molecule has 5 nitrogen and oxygen atoms in total. The Morgan fingerprint density at radius 2 is 1.05 bits per heavy atom. The molecule has 0 aromatic rings. The van der Waals surface area contributed by atoms with Crippen LogP contribution in [0.15, 0.2) is 24.3 Å². The minimum atomic E-state index is -1.16. The van der Waals surface area contributed by atoms with Crippen LogP contribution in [-0.4, -0.2) is 46.1 Å². The summed E-state index contributed by atoms with van der Waals surface area (Å²) in [6.07, 6.45) is 32.7. The lowest BCUT2D eigenvalue weighted by Gasteiger charge is -2.26. The summed E-state index contributed by atoms with van der Waals surface area (Å²) in [6, 6.07) is -0.826. The lowest BCUT2D eigenvalue weighted by Crippen LogP contribution is -2.50. The number of rotatable bonds is 29. The fourth-order valence-corrected chi connectivity index (χ4v) is 4.85.